The number of ether oxygens (including phenoxy) is 3. The smallest absolute Gasteiger partial charge is 0.412 e. The molecule has 2 amide bonds. The topological polar surface area (TPSA) is 103 Å². The summed E-state index contributed by atoms with van der Waals surface area (Å²) in [6.45, 7) is 3.75. The molecular weight excluding hydrogens is 548 g/mol. The maximum Gasteiger partial charge on any atom is 0.412 e. The first-order valence-electron chi connectivity index (χ1n) is 12.7. The molecule has 0 aliphatic carbocycles. The van der Waals surface area contributed by atoms with Crippen molar-refractivity contribution in [2.75, 3.05) is 25.6 Å². The second-order valence-corrected chi connectivity index (χ2v) is 10.2. The molecule has 1 aliphatic heterocycles. The standard InChI is InChI=1S/C28H30ClF2N3O6/c1-28(2)38-16-21(39-28)13-20(34(3)25(35)11-10-17-6-5-9-22(31)26(17)29)15-37-27(36)32-24-14-23(40-33-24)18-7-4-8-19(30)12-18/h4-9,12,14,20-21H,10-11,13,15-16H2,1-3H3,(H,32,33,36)/t20-,21+/m0/s1. The summed E-state index contributed by atoms with van der Waals surface area (Å²) in [6, 6.07) is 11.1. The van der Waals surface area contributed by atoms with E-state index in [9.17, 15) is 18.4 Å². The molecule has 0 radical (unpaired) electrons. The van der Waals surface area contributed by atoms with E-state index in [4.69, 9.17) is 30.3 Å². The van der Waals surface area contributed by atoms with Crippen LogP contribution in [0.2, 0.25) is 5.02 Å². The van der Waals surface area contributed by atoms with Crippen LogP contribution in [0.4, 0.5) is 19.4 Å². The van der Waals surface area contributed by atoms with Crippen molar-refractivity contribution in [1.82, 2.24) is 10.1 Å². The fourth-order valence-corrected chi connectivity index (χ4v) is 4.53. The Kier molecular flexibility index (Phi) is 9.39. The molecule has 1 aliphatic rings. The number of aromatic nitrogens is 1. The Morgan fingerprint density at radius 1 is 1.23 bits per heavy atom. The molecule has 1 N–H and O–H groups in total. The maximum absolute atomic E-state index is 13.8. The summed E-state index contributed by atoms with van der Waals surface area (Å²) in [7, 11) is 1.60. The summed E-state index contributed by atoms with van der Waals surface area (Å²) in [5, 5.41) is 6.22. The molecule has 0 unspecified atom stereocenters. The molecule has 4 rings (SSSR count). The number of aryl methyl sites for hydroxylation is 1. The first-order valence-corrected chi connectivity index (χ1v) is 13.1. The van der Waals surface area contributed by atoms with E-state index in [0.717, 1.165) is 0 Å². The third-order valence-electron chi connectivity index (χ3n) is 6.44. The molecular formula is C28H30ClF2N3O6. The highest BCUT2D eigenvalue weighted by molar-refractivity contribution is 6.31. The Labute approximate surface area is 235 Å². The largest absolute Gasteiger partial charge is 0.447 e. The van der Waals surface area contributed by atoms with Gasteiger partial charge in [-0.2, -0.15) is 0 Å². The lowest BCUT2D eigenvalue weighted by Crippen LogP contribution is -2.43. The highest BCUT2D eigenvalue weighted by atomic mass is 35.5. The maximum atomic E-state index is 13.8. The van der Waals surface area contributed by atoms with E-state index in [1.165, 1.54) is 41.3 Å². The van der Waals surface area contributed by atoms with Crippen LogP contribution in [0.25, 0.3) is 11.3 Å². The lowest BCUT2D eigenvalue weighted by molar-refractivity contribution is -0.143. The Balaban J connectivity index is 1.37. The molecule has 9 nitrogen and oxygen atoms in total. The predicted molar refractivity (Wildman–Crippen MR) is 143 cm³/mol. The van der Waals surface area contributed by atoms with Crippen LogP contribution in [0.3, 0.4) is 0 Å². The van der Waals surface area contributed by atoms with Crippen LogP contribution in [0.5, 0.6) is 0 Å². The number of hydrogen-bond acceptors (Lipinski definition) is 7. The third kappa shape index (κ3) is 7.77. The number of benzene rings is 2. The second kappa shape index (κ2) is 12.8. The number of amides is 2. The van der Waals surface area contributed by atoms with E-state index in [1.807, 2.05) is 0 Å². The molecule has 40 heavy (non-hydrogen) atoms. The number of halogens is 3. The fourth-order valence-electron chi connectivity index (χ4n) is 4.31. The van der Waals surface area contributed by atoms with Gasteiger partial charge in [0.1, 0.15) is 18.2 Å². The minimum absolute atomic E-state index is 0.0124. The van der Waals surface area contributed by atoms with Crippen molar-refractivity contribution in [3.05, 3.63) is 70.8 Å². The van der Waals surface area contributed by atoms with Crippen molar-refractivity contribution in [2.24, 2.45) is 0 Å². The number of nitrogens with one attached hydrogen (secondary N) is 1. The van der Waals surface area contributed by atoms with Gasteiger partial charge in [-0.3, -0.25) is 10.1 Å². The van der Waals surface area contributed by atoms with E-state index in [-0.39, 0.29) is 48.1 Å². The first-order chi connectivity index (χ1) is 19.0. The number of nitrogens with zero attached hydrogens (tertiary/aromatic N) is 2. The molecule has 214 valence electrons. The monoisotopic (exact) mass is 577 g/mol. The van der Waals surface area contributed by atoms with Crippen LogP contribution >= 0.6 is 11.6 Å². The molecule has 0 spiro atoms. The van der Waals surface area contributed by atoms with Crippen LogP contribution in [-0.4, -0.2) is 60.3 Å². The van der Waals surface area contributed by atoms with Crippen molar-refractivity contribution < 1.29 is 37.1 Å². The summed E-state index contributed by atoms with van der Waals surface area (Å²) in [4.78, 5) is 27.1. The molecule has 2 atom stereocenters. The lowest BCUT2D eigenvalue weighted by Gasteiger charge is -2.30. The van der Waals surface area contributed by atoms with Gasteiger partial charge in [0.15, 0.2) is 17.4 Å². The van der Waals surface area contributed by atoms with E-state index in [0.29, 0.717) is 24.2 Å². The van der Waals surface area contributed by atoms with Gasteiger partial charge in [-0.05, 0) is 50.5 Å². The van der Waals surface area contributed by atoms with E-state index < -0.39 is 29.6 Å². The van der Waals surface area contributed by atoms with Gasteiger partial charge in [0, 0.05) is 25.1 Å². The number of anilines is 1. The molecule has 2 heterocycles. The molecule has 3 aromatic rings. The predicted octanol–water partition coefficient (Wildman–Crippen LogP) is 5.82. The van der Waals surface area contributed by atoms with Gasteiger partial charge in [0.05, 0.1) is 23.8 Å². The van der Waals surface area contributed by atoms with Crippen molar-refractivity contribution in [2.45, 2.75) is 51.0 Å². The SMILES string of the molecule is CN(C(=O)CCc1cccc(F)c1Cl)[C@H](COC(=O)Nc1cc(-c2cccc(F)c2)on1)C[C@@H]1COC(C)(C)O1. The van der Waals surface area contributed by atoms with Gasteiger partial charge in [-0.1, -0.05) is 41.0 Å². The van der Waals surface area contributed by atoms with Crippen molar-refractivity contribution in [1.29, 1.82) is 0 Å². The Morgan fingerprint density at radius 3 is 2.73 bits per heavy atom. The molecule has 2 aromatic carbocycles. The summed E-state index contributed by atoms with van der Waals surface area (Å²) in [5.74, 6) is -1.66. The van der Waals surface area contributed by atoms with E-state index >= 15 is 0 Å². The minimum Gasteiger partial charge on any atom is -0.447 e. The number of carbonyl (C=O) groups excluding carboxylic acids is 2. The number of likely N-dealkylation sites (N-methyl/N-ethyl adjacent to an activating group) is 1. The molecule has 1 aromatic heterocycles. The molecule has 0 bridgehead atoms. The average Bonchev–Trinajstić information content (AvgIpc) is 3.52. The zero-order valence-corrected chi connectivity index (χ0v) is 23.0. The highest BCUT2D eigenvalue weighted by Crippen LogP contribution is 2.27. The number of hydrogen-bond donors (Lipinski definition) is 1. The van der Waals surface area contributed by atoms with Gasteiger partial charge in [0.25, 0.3) is 0 Å². The lowest BCUT2D eigenvalue weighted by atomic mass is 10.1. The van der Waals surface area contributed by atoms with Crippen molar-refractivity contribution in [3.63, 3.8) is 0 Å². The minimum atomic E-state index is -0.819. The van der Waals surface area contributed by atoms with E-state index in [2.05, 4.69) is 10.5 Å². The highest BCUT2D eigenvalue weighted by Gasteiger charge is 2.36. The summed E-state index contributed by atoms with van der Waals surface area (Å²) in [6.07, 6.45) is -0.501. The quantitative estimate of drug-likeness (QED) is 0.324. The summed E-state index contributed by atoms with van der Waals surface area (Å²) < 4.78 is 49.4. The van der Waals surface area contributed by atoms with Gasteiger partial charge in [-0.25, -0.2) is 13.6 Å². The van der Waals surface area contributed by atoms with Crippen LogP contribution < -0.4 is 5.32 Å². The van der Waals surface area contributed by atoms with Gasteiger partial charge >= 0.3 is 6.09 Å². The Hall–Kier alpha value is -3.54. The van der Waals surface area contributed by atoms with Gasteiger partial charge < -0.3 is 23.6 Å². The summed E-state index contributed by atoms with van der Waals surface area (Å²) >= 11 is 6.03. The van der Waals surface area contributed by atoms with Crippen molar-refractivity contribution in [3.8, 4) is 11.3 Å². The molecule has 12 heteroatoms. The number of rotatable bonds is 10. The van der Waals surface area contributed by atoms with Crippen LogP contribution in [-0.2, 0) is 25.4 Å². The van der Waals surface area contributed by atoms with E-state index in [1.54, 1.807) is 33.0 Å². The summed E-state index contributed by atoms with van der Waals surface area (Å²) in [5.41, 5.74) is 0.977. The number of carbonyl (C=O) groups is 2. The fraction of sp³-hybridized carbons (Fsp3) is 0.393. The first kappa shape index (κ1) is 29.4. The van der Waals surface area contributed by atoms with Crippen LogP contribution in [0.1, 0.15) is 32.3 Å². The Bertz CT molecular complexity index is 1350. The van der Waals surface area contributed by atoms with Crippen LogP contribution in [0.15, 0.2) is 53.1 Å². The van der Waals surface area contributed by atoms with Gasteiger partial charge in [0.2, 0.25) is 5.91 Å². The second-order valence-electron chi connectivity index (χ2n) is 9.87. The Morgan fingerprint density at radius 2 is 2.00 bits per heavy atom. The average molecular weight is 578 g/mol. The molecule has 1 fully saturated rings. The third-order valence-corrected chi connectivity index (χ3v) is 6.86. The molecule has 0 saturated carbocycles. The zero-order valence-electron chi connectivity index (χ0n) is 22.3. The van der Waals surface area contributed by atoms with Crippen molar-refractivity contribution >= 4 is 29.4 Å². The molecule has 1 saturated heterocycles. The normalized spacial score (nSPS) is 16.9. The van der Waals surface area contributed by atoms with Crippen LogP contribution in [0, 0.1) is 11.6 Å². The van der Waals surface area contributed by atoms with Gasteiger partial charge in [-0.15, -0.1) is 0 Å². The zero-order chi connectivity index (χ0) is 28.9.